The van der Waals surface area contributed by atoms with Gasteiger partial charge in [0.15, 0.2) is 0 Å². The number of benzene rings is 2. The average molecular weight is 644 g/mol. The highest BCUT2D eigenvalue weighted by Gasteiger charge is 2.67. The molecule has 6 rings (SSSR count). The van der Waals surface area contributed by atoms with E-state index < -0.39 is 69.6 Å². The first-order valence-electron chi connectivity index (χ1n) is 14.2. The van der Waals surface area contributed by atoms with Crippen LogP contribution in [-0.2, 0) is 33.4 Å². The minimum absolute atomic E-state index is 0.0905. The van der Waals surface area contributed by atoms with E-state index in [9.17, 15) is 22.2 Å². The van der Waals surface area contributed by atoms with Gasteiger partial charge in [0.05, 0.1) is 11.7 Å². The van der Waals surface area contributed by atoms with Gasteiger partial charge >= 0.3 is 0 Å². The number of halogens is 5. The lowest BCUT2D eigenvalue weighted by Gasteiger charge is -2.22. The molecule has 3 unspecified atom stereocenters. The van der Waals surface area contributed by atoms with Crippen LogP contribution in [0.15, 0.2) is 60.8 Å². The first-order valence-corrected chi connectivity index (χ1v) is 16.3. The molecule has 236 valence electrons. The molecule has 0 radical (unpaired) electrons. The molecule has 0 aliphatic heterocycles. The number of amides is 1. The van der Waals surface area contributed by atoms with E-state index in [0.29, 0.717) is 38.3 Å². The fraction of sp³-hybridized carbons (Fsp3) is 0.312. The van der Waals surface area contributed by atoms with Crippen molar-refractivity contribution in [3.63, 3.8) is 0 Å². The van der Waals surface area contributed by atoms with Gasteiger partial charge < -0.3 is 10.0 Å². The maximum Gasteiger partial charge on any atom is 0.293 e. The fourth-order valence-corrected chi connectivity index (χ4v) is 6.88. The summed E-state index contributed by atoms with van der Waals surface area (Å²) in [5, 5.41) is 6.59. The number of carbonyl (C=O) groups excluding carboxylic acids is 1. The summed E-state index contributed by atoms with van der Waals surface area (Å²) in [4.78, 5) is 18.0. The molecule has 4 atom stereocenters. The van der Waals surface area contributed by atoms with E-state index in [4.69, 9.17) is 0 Å². The lowest BCUT2D eigenvalue weighted by molar-refractivity contribution is -0.123. The molecule has 2 aromatic carbocycles. The molecule has 0 bridgehead atoms. The molecule has 2 aliphatic carbocycles. The topological polar surface area (TPSA) is 88.9 Å². The molecule has 1 amide bonds. The molecule has 2 heterocycles. The Labute approximate surface area is 257 Å². The molecule has 2 aromatic heterocycles. The minimum atomic E-state index is -3.37. The van der Waals surface area contributed by atoms with Crippen molar-refractivity contribution in [1.82, 2.24) is 20.1 Å². The van der Waals surface area contributed by atoms with Gasteiger partial charge in [-0.25, -0.2) is 17.4 Å². The highest BCUT2D eigenvalue weighted by molar-refractivity contribution is 8.00. The molecule has 13 heteroatoms. The van der Waals surface area contributed by atoms with Crippen LogP contribution < -0.4 is 10.0 Å². The van der Waals surface area contributed by atoms with Gasteiger partial charge in [-0.15, -0.1) is 0 Å². The number of nitrogens with one attached hydrogen (secondary N) is 2. The molecule has 1 saturated carbocycles. The van der Waals surface area contributed by atoms with Gasteiger partial charge in [-0.05, 0) is 78.6 Å². The maximum atomic E-state index is 15.1. The predicted molar refractivity (Wildman–Crippen MR) is 162 cm³/mol. The number of aromatic nitrogens is 3. The molecule has 45 heavy (non-hydrogen) atoms. The standard InChI is InChI=1S/C32H30F5N5O2S/c1-17-11-18(13-20(33)12-17)14-25(28-22(5-4-10-38-28)19-6-8-21(9-7-19)41-45(2,3)44)39-26(43)16-42-30-27(29(40-42)31(34)35)23-15-24(23)32(30,36)37/h4-13,23-25,31H,2,14-16H2,1,3H3,(H,39,43)(H,41,44)/t23?,24?,25-,45?/m0/s1. The van der Waals surface area contributed by atoms with Gasteiger partial charge in [0.2, 0.25) is 5.91 Å². The number of aryl methyl sites for hydroxylation is 1. The molecular formula is C32H30F5N5O2S. The zero-order chi connectivity index (χ0) is 32.3. The minimum Gasteiger partial charge on any atom is -0.346 e. The summed E-state index contributed by atoms with van der Waals surface area (Å²) in [6, 6.07) is 14.0. The molecule has 2 N–H and O–H groups in total. The number of hydrogen-bond donors (Lipinski definition) is 2. The third-order valence-corrected chi connectivity index (χ3v) is 8.70. The largest absolute Gasteiger partial charge is 0.346 e. The van der Waals surface area contributed by atoms with Gasteiger partial charge in [0.25, 0.3) is 12.3 Å². The normalized spacial score (nSPS) is 19.8. The smallest absolute Gasteiger partial charge is 0.293 e. The number of rotatable bonds is 10. The van der Waals surface area contributed by atoms with Crippen molar-refractivity contribution in [1.29, 1.82) is 0 Å². The van der Waals surface area contributed by atoms with E-state index in [0.717, 1.165) is 0 Å². The van der Waals surface area contributed by atoms with Crippen molar-refractivity contribution in [2.75, 3.05) is 11.0 Å². The number of pyridine rings is 1. The lowest BCUT2D eigenvalue weighted by Crippen LogP contribution is -2.35. The van der Waals surface area contributed by atoms with E-state index in [1.165, 1.54) is 24.6 Å². The number of nitrogens with zero attached hydrogens (tertiary/aromatic N) is 3. The van der Waals surface area contributed by atoms with Crippen LogP contribution in [0.3, 0.4) is 0 Å². The molecule has 2 aliphatic rings. The Morgan fingerprint density at radius 2 is 1.89 bits per heavy atom. The van der Waals surface area contributed by atoms with Crippen molar-refractivity contribution in [2.45, 2.75) is 50.6 Å². The van der Waals surface area contributed by atoms with Crippen LogP contribution in [0, 0.1) is 18.7 Å². The van der Waals surface area contributed by atoms with Crippen LogP contribution in [0.25, 0.3) is 11.1 Å². The highest BCUT2D eigenvalue weighted by atomic mass is 32.2. The molecule has 7 nitrogen and oxygen atoms in total. The second-order valence-electron chi connectivity index (χ2n) is 11.8. The first-order chi connectivity index (χ1) is 21.2. The molecular weight excluding hydrogens is 613 g/mol. The average Bonchev–Trinajstić information content (AvgIpc) is 3.60. The van der Waals surface area contributed by atoms with E-state index in [2.05, 4.69) is 26.0 Å². The van der Waals surface area contributed by atoms with Crippen LogP contribution in [0.4, 0.5) is 27.6 Å². The Hall–Kier alpha value is -4.26. The summed E-state index contributed by atoms with van der Waals surface area (Å²) >= 11 is 0. The Morgan fingerprint density at radius 3 is 2.56 bits per heavy atom. The van der Waals surface area contributed by atoms with Gasteiger partial charge in [-0.1, -0.05) is 24.3 Å². The van der Waals surface area contributed by atoms with Crippen LogP contribution in [0.2, 0.25) is 0 Å². The number of hydrogen-bond acceptors (Lipinski definition) is 4. The Bertz CT molecular complexity index is 1870. The van der Waals surface area contributed by atoms with Gasteiger partial charge in [-0.2, -0.15) is 13.9 Å². The van der Waals surface area contributed by atoms with E-state index in [1.54, 1.807) is 49.4 Å². The Morgan fingerprint density at radius 1 is 1.16 bits per heavy atom. The SMILES string of the molecule is C=S(C)(=O)Nc1ccc(-c2cccnc2[C@H](Cc2cc(C)cc(F)c2)NC(=O)Cn2nc(C(F)F)c3c2C(F)(F)C2CC32)cc1. The van der Waals surface area contributed by atoms with Crippen LogP contribution >= 0.6 is 0 Å². The fourth-order valence-electron chi connectivity index (χ4n) is 6.24. The number of alkyl halides is 4. The van der Waals surface area contributed by atoms with Crippen LogP contribution in [-0.4, -0.2) is 37.0 Å². The second kappa shape index (κ2) is 11.3. The summed E-state index contributed by atoms with van der Waals surface area (Å²) in [5.74, 6) is -2.74. The molecule has 4 aromatic rings. The quantitative estimate of drug-likeness (QED) is 0.157. The van der Waals surface area contributed by atoms with Crippen molar-refractivity contribution in [3.8, 4) is 11.1 Å². The van der Waals surface area contributed by atoms with E-state index >= 15 is 8.78 Å². The third kappa shape index (κ3) is 6.18. The number of carbonyl (C=O) groups is 1. The third-order valence-electron chi connectivity index (χ3n) is 8.04. The Balaban J connectivity index is 1.34. The van der Waals surface area contributed by atoms with Crippen molar-refractivity contribution < 1.29 is 31.0 Å². The predicted octanol–water partition coefficient (Wildman–Crippen LogP) is 6.31. The van der Waals surface area contributed by atoms with Crippen molar-refractivity contribution >= 4 is 27.2 Å². The van der Waals surface area contributed by atoms with Crippen molar-refractivity contribution in [2.24, 2.45) is 5.92 Å². The summed E-state index contributed by atoms with van der Waals surface area (Å²) in [6.45, 7) is 1.01. The molecule has 0 spiro atoms. The lowest BCUT2D eigenvalue weighted by atomic mass is 9.95. The Kier molecular flexibility index (Phi) is 7.70. The molecule has 1 fully saturated rings. The van der Waals surface area contributed by atoms with Crippen molar-refractivity contribution in [3.05, 3.63) is 100 Å². The zero-order valence-corrected chi connectivity index (χ0v) is 25.2. The summed E-state index contributed by atoms with van der Waals surface area (Å²) < 4.78 is 87.7. The van der Waals surface area contributed by atoms with Crippen LogP contribution in [0.1, 0.15) is 58.6 Å². The summed E-state index contributed by atoms with van der Waals surface area (Å²) in [5.41, 5.74) is 2.04. The number of anilines is 1. The first kappa shape index (κ1) is 30.8. The summed E-state index contributed by atoms with van der Waals surface area (Å²) in [7, 11) is -2.51. The van der Waals surface area contributed by atoms with Gasteiger partial charge in [0.1, 0.15) is 23.7 Å². The van der Waals surface area contributed by atoms with Crippen LogP contribution in [0.5, 0.6) is 0 Å². The van der Waals surface area contributed by atoms with E-state index in [1.807, 2.05) is 0 Å². The monoisotopic (exact) mass is 643 g/mol. The maximum absolute atomic E-state index is 15.1. The van der Waals surface area contributed by atoms with Gasteiger partial charge in [-0.3, -0.25) is 14.5 Å². The molecule has 0 saturated heterocycles. The highest BCUT2D eigenvalue weighted by Crippen LogP contribution is 2.68. The van der Waals surface area contributed by atoms with E-state index in [-0.39, 0.29) is 18.4 Å². The summed E-state index contributed by atoms with van der Waals surface area (Å²) in [6.07, 6.45) is 0.141. The second-order valence-corrected chi connectivity index (χ2v) is 14.0. The van der Waals surface area contributed by atoms with Gasteiger partial charge in [0, 0.05) is 44.9 Å². The zero-order valence-electron chi connectivity index (χ0n) is 24.4. The number of fused-ring (bicyclic) bond motifs is 3.